The topological polar surface area (TPSA) is 32.3 Å². The number of likely N-dealkylation sites (N-methyl/N-ethyl adjacent to an activating group) is 1. The minimum Gasteiger partial charge on any atom is -0.345 e. The average molecular weight is 260 g/mol. The van der Waals surface area contributed by atoms with E-state index in [-0.39, 0.29) is 11.9 Å². The Balaban J connectivity index is 1.77. The molecule has 0 heterocycles. The summed E-state index contributed by atoms with van der Waals surface area (Å²) in [5, 5.41) is 3.44. The van der Waals surface area contributed by atoms with Gasteiger partial charge in [0.05, 0.1) is 6.04 Å². The second-order valence-electron chi connectivity index (χ2n) is 5.52. The molecule has 0 saturated heterocycles. The highest BCUT2D eigenvalue weighted by Gasteiger charge is 2.32. The van der Waals surface area contributed by atoms with E-state index >= 15 is 0 Å². The molecule has 1 atom stereocenters. The van der Waals surface area contributed by atoms with Gasteiger partial charge in [-0.15, -0.1) is 0 Å². The maximum Gasteiger partial charge on any atom is 0.239 e. The predicted octanol–water partition coefficient (Wildman–Crippen LogP) is 2.39. The Bertz CT molecular complexity index is 412. The number of hydrogen-bond donors (Lipinski definition) is 1. The maximum absolute atomic E-state index is 12.0. The first kappa shape index (κ1) is 14.1. The molecule has 1 saturated carbocycles. The van der Waals surface area contributed by atoms with Gasteiger partial charge in [0, 0.05) is 19.6 Å². The molecule has 2 rings (SSSR count). The number of carbonyl (C=O) groups excluding carboxylic acids is 1. The van der Waals surface area contributed by atoms with Gasteiger partial charge in [-0.25, -0.2) is 0 Å². The molecule has 0 aliphatic heterocycles. The minimum absolute atomic E-state index is 0.0772. The summed E-state index contributed by atoms with van der Waals surface area (Å²) >= 11 is 0. The SMILES string of the molecule is CCN(C)C(=O)C(C)NC1CC(c2ccccc2)C1. The van der Waals surface area contributed by atoms with E-state index in [1.54, 1.807) is 4.90 Å². The smallest absolute Gasteiger partial charge is 0.239 e. The third-order valence-corrected chi connectivity index (χ3v) is 4.12. The lowest BCUT2D eigenvalue weighted by Crippen LogP contribution is -2.50. The molecule has 1 aromatic rings. The molecule has 1 aliphatic carbocycles. The quantitative estimate of drug-likeness (QED) is 0.881. The van der Waals surface area contributed by atoms with Gasteiger partial charge in [0.25, 0.3) is 0 Å². The van der Waals surface area contributed by atoms with Crippen LogP contribution in [0.5, 0.6) is 0 Å². The van der Waals surface area contributed by atoms with Crippen molar-refractivity contribution in [3.63, 3.8) is 0 Å². The molecular formula is C16H24N2O. The van der Waals surface area contributed by atoms with Crippen molar-refractivity contribution in [2.75, 3.05) is 13.6 Å². The van der Waals surface area contributed by atoms with Crippen molar-refractivity contribution in [3.05, 3.63) is 35.9 Å². The fraction of sp³-hybridized carbons (Fsp3) is 0.562. The molecule has 1 fully saturated rings. The first-order valence-corrected chi connectivity index (χ1v) is 7.17. The lowest BCUT2D eigenvalue weighted by Gasteiger charge is -2.38. The number of amides is 1. The van der Waals surface area contributed by atoms with Crippen molar-refractivity contribution in [2.24, 2.45) is 0 Å². The summed E-state index contributed by atoms with van der Waals surface area (Å²) in [5.74, 6) is 0.843. The van der Waals surface area contributed by atoms with E-state index in [0.29, 0.717) is 12.0 Å². The summed E-state index contributed by atoms with van der Waals surface area (Å²) in [6, 6.07) is 11.0. The number of nitrogens with zero attached hydrogens (tertiary/aromatic N) is 1. The highest BCUT2D eigenvalue weighted by atomic mass is 16.2. The fourth-order valence-corrected chi connectivity index (χ4v) is 2.66. The maximum atomic E-state index is 12.0. The van der Waals surface area contributed by atoms with Crippen LogP contribution in [0.1, 0.15) is 38.2 Å². The summed E-state index contributed by atoms with van der Waals surface area (Å²) in [6.07, 6.45) is 2.27. The van der Waals surface area contributed by atoms with Gasteiger partial charge in [-0.1, -0.05) is 30.3 Å². The summed E-state index contributed by atoms with van der Waals surface area (Å²) in [4.78, 5) is 13.7. The third-order valence-electron chi connectivity index (χ3n) is 4.12. The second-order valence-corrected chi connectivity index (χ2v) is 5.52. The molecular weight excluding hydrogens is 236 g/mol. The summed E-state index contributed by atoms with van der Waals surface area (Å²) in [6.45, 7) is 4.73. The Kier molecular flexibility index (Phi) is 4.59. The Labute approximate surface area is 116 Å². The van der Waals surface area contributed by atoms with Crippen LogP contribution >= 0.6 is 0 Å². The summed E-state index contributed by atoms with van der Waals surface area (Å²) in [5.41, 5.74) is 1.42. The summed E-state index contributed by atoms with van der Waals surface area (Å²) < 4.78 is 0. The minimum atomic E-state index is -0.0772. The van der Waals surface area contributed by atoms with Crippen LogP contribution in [0.2, 0.25) is 0 Å². The lowest BCUT2D eigenvalue weighted by molar-refractivity contribution is -0.131. The number of hydrogen-bond acceptors (Lipinski definition) is 2. The van der Waals surface area contributed by atoms with Gasteiger partial charge in [-0.05, 0) is 38.2 Å². The van der Waals surface area contributed by atoms with E-state index in [9.17, 15) is 4.79 Å². The van der Waals surface area contributed by atoms with E-state index in [2.05, 4.69) is 35.6 Å². The molecule has 1 amide bonds. The van der Waals surface area contributed by atoms with Gasteiger partial charge in [-0.3, -0.25) is 4.79 Å². The van der Waals surface area contributed by atoms with Gasteiger partial charge in [-0.2, -0.15) is 0 Å². The molecule has 3 nitrogen and oxygen atoms in total. The Morgan fingerprint density at radius 2 is 2.00 bits per heavy atom. The number of rotatable bonds is 5. The number of carbonyl (C=O) groups is 1. The van der Waals surface area contributed by atoms with Gasteiger partial charge >= 0.3 is 0 Å². The normalized spacial score (nSPS) is 23.5. The predicted molar refractivity (Wildman–Crippen MR) is 78.1 cm³/mol. The van der Waals surface area contributed by atoms with E-state index in [0.717, 1.165) is 19.4 Å². The van der Waals surface area contributed by atoms with Crippen LogP contribution in [0, 0.1) is 0 Å². The van der Waals surface area contributed by atoms with Crippen molar-refractivity contribution >= 4 is 5.91 Å². The van der Waals surface area contributed by atoms with Gasteiger partial charge in [0.1, 0.15) is 0 Å². The first-order chi connectivity index (χ1) is 9.11. The molecule has 19 heavy (non-hydrogen) atoms. The third kappa shape index (κ3) is 3.35. The standard InChI is InChI=1S/C16H24N2O/c1-4-18(3)16(19)12(2)17-15-10-14(11-15)13-8-6-5-7-9-13/h5-9,12,14-15,17H,4,10-11H2,1-3H3. The van der Waals surface area contributed by atoms with Crippen LogP contribution in [-0.2, 0) is 4.79 Å². The molecule has 0 spiro atoms. The molecule has 1 N–H and O–H groups in total. The van der Waals surface area contributed by atoms with E-state index < -0.39 is 0 Å². The molecule has 3 heteroatoms. The monoisotopic (exact) mass is 260 g/mol. The van der Waals surface area contributed by atoms with Crippen molar-refractivity contribution in [2.45, 2.75) is 44.7 Å². The zero-order chi connectivity index (χ0) is 13.8. The molecule has 0 radical (unpaired) electrons. The van der Waals surface area contributed by atoms with Crippen LogP contribution in [0.3, 0.4) is 0 Å². The van der Waals surface area contributed by atoms with Crippen LogP contribution in [0.25, 0.3) is 0 Å². The van der Waals surface area contributed by atoms with Crippen molar-refractivity contribution in [1.29, 1.82) is 0 Å². The van der Waals surface area contributed by atoms with Crippen LogP contribution < -0.4 is 5.32 Å². The molecule has 0 aromatic heterocycles. The number of nitrogens with one attached hydrogen (secondary N) is 1. The fourth-order valence-electron chi connectivity index (χ4n) is 2.66. The Morgan fingerprint density at radius 1 is 1.37 bits per heavy atom. The van der Waals surface area contributed by atoms with E-state index in [4.69, 9.17) is 0 Å². The van der Waals surface area contributed by atoms with Crippen molar-refractivity contribution in [1.82, 2.24) is 10.2 Å². The average Bonchev–Trinajstić information content (AvgIpc) is 2.41. The van der Waals surface area contributed by atoms with Crippen LogP contribution in [0.15, 0.2) is 30.3 Å². The van der Waals surface area contributed by atoms with Crippen LogP contribution in [0.4, 0.5) is 0 Å². The Hall–Kier alpha value is -1.35. The van der Waals surface area contributed by atoms with Gasteiger partial charge < -0.3 is 10.2 Å². The second kappa shape index (κ2) is 6.20. The van der Waals surface area contributed by atoms with Gasteiger partial charge in [0.2, 0.25) is 5.91 Å². The number of benzene rings is 1. The molecule has 1 unspecified atom stereocenters. The van der Waals surface area contributed by atoms with Crippen molar-refractivity contribution < 1.29 is 4.79 Å². The van der Waals surface area contributed by atoms with Crippen LogP contribution in [-0.4, -0.2) is 36.5 Å². The first-order valence-electron chi connectivity index (χ1n) is 7.17. The van der Waals surface area contributed by atoms with Gasteiger partial charge in [0.15, 0.2) is 0 Å². The highest BCUT2D eigenvalue weighted by Crippen LogP contribution is 2.36. The van der Waals surface area contributed by atoms with E-state index in [1.165, 1.54) is 5.56 Å². The van der Waals surface area contributed by atoms with Crippen molar-refractivity contribution in [3.8, 4) is 0 Å². The molecule has 1 aliphatic rings. The zero-order valence-electron chi connectivity index (χ0n) is 12.1. The highest BCUT2D eigenvalue weighted by molar-refractivity contribution is 5.81. The lowest BCUT2D eigenvalue weighted by atomic mass is 9.75. The molecule has 0 bridgehead atoms. The molecule has 1 aromatic carbocycles. The largest absolute Gasteiger partial charge is 0.345 e. The Morgan fingerprint density at radius 3 is 2.58 bits per heavy atom. The van der Waals surface area contributed by atoms with E-state index in [1.807, 2.05) is 20.9 Å². The zero-order valence-corrected chi connectivity index (χ0v) is 12.1. The molecule has 104 valence electrons. The summed E-state index contributed by atoms with van der Waals surface area (Å²) in [7, 11) is 1.86.